The molecule has 2 aliphatic heterocycles. The first kappa shape index (κ1) is 38.2. The number of esters is 1. The molecular weight excluding hydrogens is 540 g/mol. The van der Waals surface area contributed by atoms with E-state index in [2.05, 4.69) is 6.92 Å². The van der Waals surface area contributed by atoms with Crippen LogP contribution in [0, 0.1) is 0 Å². The molecule has 6 nitrogen and oxygen atoms in total. The Morgan fingerprint density at radius 2 is 1.07 bits per heavy atom. The van der Waals surface area contributed by atoms with Crippen LogP contribution >= 0.6 is 0 Å². The molecule has 252 valence electrons. The molecule has 0 aromatic rings. The van der Waals surface area contributed by atoms with Crippen LogP contribution in [0.25, 0.3) is 0 Å². The van der Waals surface area contributed by atoms with Gasteiger partial charge in [0.15, 0.2) is 0 Å². The van der Waals surface area contributed by atoms with Crippen LogP contribution in [0.3, 0.4) is 0 Å². The van der Waals surface area contributed by atoms with Gasteiger partial charge in [0.2, 0.25) is 0 Å². The number of aliphatic hydroxyl groups is 3. The van der Waals surface area contributed by atoms with Gasteiger partial charge in [-0.25, -0.2) is 4.79 Å². The summed E-state index contributed by atoms with van der Waals surface area (Å²) in [4.78, 5) is 11.6. The third kappa shape index (κ3) is 18.0. The van der Waals surface area contributed by atoms with Crippen molar-refractivity contribution in [2.75, 3.05) is 0 Å². The van der Waals surface area contributed by atoms with E-state index < -0.39 is 12.2 Å². The molecule has 0 saturated carbocycles. The van der Waals surface area contributed by atoms with Gasteiger partial charge in [0.1, 0.15) is 6.10 Å². The quantitative estimate of drug-likeness (QED) is 0.0606. The van der Waals surface area contributed by atoms with Gasteiger partial charge in [0.25, 0.3) is 0 Å². The first-order chi connectivity index (χ1) is 20.9. The van der Waals surface area contributed by atoms with Crippen molar-refractivity contribution < 1.29 is 29.6 Å². The lowest BCUT2D eigenvalue weighted by Gasteiger charge is -2.22. The Kier molecular flexibility index (Phi) is 21.6. The molecule has 0 aromatic carbocycles. The maximum Gasteiger partial charge on any atom is 0.334 e. The monoisotopic (exact) mass is 609 g/mol. The number of carbonyl (C=O) groups is 1. The highest BCUT2D eigenvalue weighted by Crippen LogP contribution is 2.28. The normalized spacial score (nSPS) is 22.5. The Bertz CT molecular complexity index is 724. The number of ether oxygens (including phenoxy) is 2. The van der Waals surface area contributed by atoms with E-state index >= 15 is 0 Å². The van der Waals surface area contributed by atoms with Crippen molar-refractivity contribution >= 4 is 5.97 Å². The largest absolute Gasteiger partial charge is 0.455 e. The average Bonchev–Trinajstić information content (AvgIpc) is 3.61. The lowest BCUT2D eigenvalue weighted by atomic mass is 9.99. The van der Waals surface area contributed by atoms with Crippen LogP contribution in [0.4, 0.5) is 0 Å². The van der Waals surface area contributed by atoms with Crippen molar-refractivity contribution in [2.45, 2.75) is 217 Å². The number of aliphatic hydroxyl groups excluding tert-OH is 3. The van der Waals surface area contributed by atoms with Crippen LogP contribution in [-0.4, -0.2) is 57.9 Å². The number of unbranched alkanes of at least 4 members (excludes halogenated alkanes) is 16. The van der Waals surface area contributed by atoms with Crippen LogP contribution in [0.15, 0.2) is 11.6 Å². The van der Waals surface area contributed by atoms with Gasteiger partial charge in [0.05, 0.1) is 30.5 Å². The summed E-state index contributed by atoms with van der Waals surface area (Å²) in [5.74, 6) is -0.127. The summed E-state index contributed by atoms with van der Waals surface area (Å²) >= 11 is 0. The number of cyclic esters (lactones) is 1. The summed E-state index contributed by atoms with van der Waals surface area (Å²) in [7, 11) is 0. The zero-order valence-corrected chi connectivity index (χ0v) is 28.0. The minimum absolute atomic E-state index is 0.0541. The highest BCUT2D eigenvalue weighted by atomic mass is 16.5. The predicted octanol–water partition coefficient (Wildman–Crippen LogP) is 8.87. The molecule has 2 rings (SSSR count). The molecule has 0 unspecified atom stereocenters. The van der Waals surface area contributed by atoms with E-state index in [-0.39, 0.29) is 30.4 Å². The van der Waals surface area contributed by atoms with Crippen LogP contribution in [-0.2, 0) is 14.3 Å². The molecule has 0 spiro atoms. The van der Waals surface area contributed by atoms with Crippen molar-refractivity contribution in [1.82, 2.24) is 0 Å². The first-order valence-electron chi connectivity index (χ1n) is 18.5. The highest BCUT2D eigenvalue weighted by molar-refractivity contribution is 5.90. The second-order valence-electron chi connectivity index (χ2n) is 13.6. The topological polar surface area (TPSA) is 96.2 Å². The van der Waals surface area contributed by atoms with Crippen LogP contribution in [0.2, 0.25) is 0 Å². The van der Waals surface area contributed by atoms with E-state index in [1.54, 1.807) is 0 Å². The molecule has 0 bridgehead atoms. The third-order valence-electron chi connectivity index (χ3n) is 9.56. The van der Waals surface area contributed by atoms with E-state index in [0.717, 1.165) is 89.0 Å². The molecule has 1 saturated heterocycles. The number of carbonyl (C=O) groups excluding carboxylic acids is 1. The summed E-state index contributed by atoms with van der Waals surface area (Å²) in [6.07, 6.45) is 29.1. The Morgan fingerprint density at radius 1 is 0.651 bits per heavy atom. The zero-order valence-electron chi connectivity index (χ0n) is 28.0. The smallest absolute Gasteiger partial charge is 0.334 e. The molecule has 2 aliphatic rings. The minimum Gasteiger partial charge on any atom is -0.455 e. The molecule has 0 amide bonds. The molecule has 43 heavy (non-hydrogen) atoms. The molecule has 6 atom stereocenters. The summed E-state index contributed by atoms with van der Waals surface area (Å²) in [5.41, 5.74) is 0.858. The van der Waals surface area contributed by atoms with Crippen LogP contribution in [0.5, 0.6) is 0 Å². The predicted molar refractivity (Wildman–Crippen MR) is 176 cm³/mol. The maximum absolute atomic E-state index is 11.6. The van der Waals surface area contributed by atoms with Crippen molar-refractivity contribution in [3.63, 3.8) is 0 Å². The molecule has 0 aromatic heterocycles. The zero-order chi connectivity index (χ0) is 31.1. The Balaban J connectivity index is 1.35. The fourth-order valence-corrected chi connectivity index (χ4v) is 6.74. The number of rotatable bonds is 28. The van der Waals surface area contributed by atoms with Crippen LogP contribution in [0.1, 0.15) is 181 Å². The SMILES string of the molecule is CCCCCCCCCC[C@@H](O)[C@H]1CC[C@H]([C@H](O)CCCCC[C@@H](O)CCCCCCCCCCC2=C[C@H](C)OC2=O)O1. The highest BCUT2D eigenvalue weighted by Gasteiger charge is 2.34. The van der Waals surface area contributed by atoms with Crippen LogP contribution < -0.4 is 0 Å². The van der Waals surface area contributed by atoms with Gasteiger partial charge in [-0.05, 0) is 64.4 Å². The minimum atomic E-state index is -0.447. The van der Waals surface area contributed by atoms with Gasteiger partial charge >= 0.3 is 5.97 Å². The van der Waals surface area contributed by atoms with Crippen molar-refractivity contribution in [1.29, 1.82) is 0 Å². The first-order valence-corrected chi connectivity index (χ1v) is 18.5. The van der Waals surface area contributed by atoms with Gasteiger partial charge in [-0.3, -0.25) is 0 Å². The van der Waals surface area contributed by atoms with Gasteiger partial charge in [-0.1, -0.05) is 122 Å². The fourth-order valence-electron chi connectivity index (χ4n) is 6.74. The second-order valence-corrected chi connectivity index (χ2v) is 13.6. The van der Waals surface area contributed by atoms with Gasteiger partial charge in [-0.15, -0.1) is 0 Å². The molecule has 2 heterocycles. The Morgan fingerprint density at radius 3 is 1.53 bits per heavy atom. The molecule has 3 N–H and O–H groups in total. The van der Waals surface area contributed by atoms with Gasteiger partial charge in [0, 0.05) is 5.57 Å². The number of hydrogen-bond acceptors (Lipinski definition) is 6. The lowest BCUT2D eigenvalue weighted by Crippen LogP contribution is -2.31. The second kappa shape index (κ2) is 24.3. The maximum atomic E-state index is 11.6. The molecule has 0 aliphatic carbocycles. The fraction of sp³-hybridized carbons (Fsp3) is 0.919. The molecule has 1 fully saturated rings. The number of hydrogen-bond donors (Lipinski definition) is 3. The van der Waals surface area contributed by atoms with Gasteiger partial charge in [-0.2, -0.15) is 0 Å². The van der Waals surface area contributed by atoms with Gasteiger partial charge < -0.3 is 24.8 Å². The van der Waals surface area contributed by atoms with E-state index in [0.29, 0.717) is 0 Å². The average molecular weight is 609 g/mol. The third-order valence-corrected chi connectivity index (χ3v) is 9.56. The standard InChI is InChI=1S/C37H68O6/c1-3-4-5-6-7-12-15-20-25-33(39)35-27-28-36(43-35)34(40)26-21-16-19-24-32(38)23-18-14-11-9-8-10-13-17-22-31-29-30(2)42-37(31)41/h29-30,32-36,38-40H,3-28H2,1-2H3/t30-,32-,33+,34+,35+,36+/m0/s1. The molecule has 6 heteroatoms. The Hall–Kier alpha value is -0.950. The summed E-state index contributed by atoms with van der Waals surface area (Å²) < 4.78 is 11.2. The van der Waals surface area contributed by atoms with Crippen molar-refractivity contribution in [2.24, 2.45) is 0 Å². The summed E-state index contributed by atoms with van der Waals surface area (Å²) in [5, 5.41) is 31.5. The van der Waals surface area contributed by atoms with Crippen molar-refractivity contribution in [3.8, 4) is 0 Å². The van der Waals surface area contributed by atoms with E-state index in [9.17, 15) is 20.1 Å². The molecule has 0 radical (unpaired) electrons. The Labute approximate surface area is 264 Å². The van der Waals surface area contributed by atoms with E-state index in [1.165, 1.54) is 83.5 Å². The summed E-state index contributed by atoms with van der Waals surface area (Å²) in [6.45, 7) is 4.16. The lowest BCUT2D eigenvalue weighted by molar-refractivity contribution is -0.139. The molecular formula is C37H68O6. The summed E-state index contributed by atoms with van der Waals surface area (Å²) in [6, 6.07) is 0. The van der Waals surface area contributed by atoms with E-state index in [1.807, 2.05) is 13.0 Å². The van der Waals surface area contributed by atoms with E-state index in [4.69, 9.17) is 9.47 Å². The van der Waals surface area contributed by atoms with Crippen molar-refractivity contribution in [3.05, 3.63) is 11.6 Å².